The van der Waals surface area contributed by atoms with Gasteiger partial charge < -0.3 is 9.73 Å². The third-order valence-electron chi connectivity index (χ3n) is 4.25. The molecule has 26 heavy (non-hydrogen) atoms. The second-order valence-corrected chi connectivity index (χ2v) is 9.47. The van der Waals surface area contributed by atoms with Crippen molar-refractivity contribution >= 4 is 38.8 Å². The van der Waals surface area contributed by atoms with E-state index in [1.165, 1.54) is 28.2 Å². The molecule has 0 saturated heterocycles. The number of nitrogens with one attached hydrogen (secondary N) is 1. The first-order valence-electron chi connectivity index (χ1n) is 8.73. The van der Waals surface area contributed by atoms with Crippen molar-refractivity contribution in [1.29, 1.82) is 0 Å². The maximum Gasteiger partial charge on any atom is 0.257 e. The molecule has 1 aromatic carbocycles. The Labute approximate surface area is 157 Å². The molecule has 3 rings (SSSR count). The number of carbonyl (C=O) groups excluding carboxylic acids is 1. The smallest absolute Gasteiger partial charge is 0.257 e. The number of sulfonamides is 1. The Morgan fingerprint density at radius 1 is 1.38 bits per heavy atom. The Morgan fingerprint density at radius 3 is 2.69 bits per heavy atom. The Morgan fingerprint density at radius 2 is 2.08 bits per heavy atom. The van der Waals surface area contributed by atoms with E-state index in [4.69, 9.17) is 4.42 Å². The van der Waals surface area contributed by atoms with E-state index in [0.717, 1.165) is 12.8 Å². The summed E-state index contributed by atoms with van der Waals surface area (Å²) in [6.07, 6.45) is 2.08. The lowest BCUT2D eigenvalue weighted by Gasteiger charge is -2.18. The number of nitrogens with zero attached hydrogens (tertiary/aromatic N) is 2. The van der Waals surface area contributed by atoms with Crippen LogP contribution in [-0.2, 0) is 14.8 Å². The Hall–Kier alpha value is -1.58. The van der Waals surface area contributed by atoms with Crippen LogP contribution < -0.4 is 5.32 Å². The van der Waals surface area contributed by atoms with Gasteiger partial charge in [0.2, 0.25) is 15.9 Å². The highest BCUT2D eigenvalue weighted by Gasteiger charge is 2.27. The molecular weight excluding hydrogens is 374 g/mol. The van der Waals surface area contributed by atoms with Crippen molar-refractivity contribution in [2.45, 2.75) is 55.0 Å². The predicted octanol–water partition coefficient (Wildman–Crippen LogP) is 2.62. The SMILES string of the molecule is CCN(CC)S(=O)(=O)c1ccc2oc(S[C@H](C)C(=O)NC3CC3)nc2c1. The minimum absolute atomic E-state index is 0.0374. The quantitative estimate of drug-likeness (QED) is 0.689. The molecule has 1 aliphatic rings. The average molecular weight is 398 g/mol. The molecule has 1 N–H and O–H groups in total. The van der Waals surface area contributed by atoms with Crippen molar-refractivity contribution in [3.63, 3.8) is 0 Å². The number of oxazole rings is 1. The van der Waals surface area contributed by atoms with Crippen LogP contribution in [-0.4, -0.2) is 48.0 Å². The van der Waals surface area contributed by atoms with Gasteiger partial charge in [0.05, 0.1) is 10.1 Å². The molecule has 1 saturated carbocycles. The Kier molecular flexibility index (Phi) is 5.59. The van der Waals surface area contributed by atoms with E-state index in [-0.39, 0.29) is 16.1 Å². The summed E-state index contributed by atoms with van der Waals surface area (Å²) in [5, 5.41) is 2.97. The molecule has 1 fully saturated rings. The van der Waals surface area contributed by atoms with Gasteiger partial charge in [0.25, 0.3) is 5.22 Å². The Balaban J connectivity index is 1.79. The van der Waals surface area contributed by atoms with Gasteiger partial charge in [-0.25, -0.2) is 13.4 Å². The third kappa shape index (κ3) is 4.05. The van der Waals surface area contributed by atoms with Crippen molar-refractivity contribution in [1.82, 2.24) is 14.6 Å². The van der Waals surface area contributed by atoms with Crippen molar-refractivity contribution in [2.24, 2.45) is 0 Å². The lowest BCUT2D eigenvalue weighted by molar-refractivity contribution is -0.120. The van der Waals surface area contributed by atoms with Crippen LogP contribution in [0.4, 0.5) is 0 Å². The van der Waals surface area contributed by atoms with Crippen LogP contribution in [0, 0.1) is 0 Å². The van der Waals surface area contributed by atoms with Gasteiger partial charge in [-0.15, -0.1) is 0 Å². The third-order valence-corrected chi connectivity index (χ3v) is 7.24. The van der Waals surface area contributed by atoms with Crippen molar-refractivity contribution in [3.05, 3.63) is 18.2 Å². The van der Waals surface area contributed by atoms with E-state index in [1.807, 2.05) is 0 Å². The first kappa shape index (κ1) is 19.2. The summed E-state index contributed by atoms with van der Waals surface area (Å²) in [6.45, 7) is 6.22. The van der Waals surface area contributed by atoms with Crippen LogP contribution >= 0.6 is 11.8 Å². The van der Waals surface area contributed by atoms with Crippen molar-refractivity contribution in [2.75, 3.05) is 13.1 Å². The van der Waals surface area contributed by atoms with Gasteiger partial charge in [0.1, 0.15) is 5.52 Å². The van der Waals surface area contributed by atoms with Crippen molar-refractivity contribution in [3.8, 4) is 0 Å². The lowest BCUT2D eigenvalue weighted by atomic mass is 10.3. The maximum atomic E-state index is 12.6. The molecule has 0 spiro atoms. The van der Waals surface area contributed by atoms with Crippen LogP contribution in [0.2, 0.25) is 0 Å². The highest BCUT2D eigenvalue weighted by atomic mass is 32.2. The second kappa shape index (κ2) is 7.58. The lowest BCUT2D eigenvalue weighted by Crippen LogP contribution is -2.32. The minimum Gasteiger partial charge on any atom is -0.431 e. The van der Waals surface area contributed by atoms with Gasteiger partial charge in [0, 0.05) is 19.1 Å². The predicted molar refractivity (Wildman–Crippen MR) is 101 cm³/mol. The fourth-order valence-corrected chi connectivity index (χ4v) is 4.81. The highest BCUT2D eigenvalue weighted by molar-refractivity contribution is 8.00. The highest BCUT2D eigenvalue weighted by Crippen LogP contribution is 2.29. The number of hydrogen-bond acceptors (Lipinski definition) is 6. The summed E-state index contributed by atoms with van der Waals surface area (Å²) in [4.78, 5) is 16.6. The Bertz CT molecular complexity index is 902. The number of benzene rings is 1. The number of rotatable bonds is 8. The molecule has 0 bridgehead atoms. The fraction of sp³-hybridized carbons (Fsp3) is 0.529. The van der Waals surface area contributed by atoms with Crippen LogP contribution in [0.5, 0.6) is 0 Å². The number of carbonyl (C=O) groups is 1. The van der Waals surface area contributed by atoms with Crippen LogP contribution in [0.1, 0.15) is 33.6 Å². The number of fused-ring (bicyclic) bond motifs is 1. The molecule has 7 nitrogen and oxygen atoms in total. The first-order valence-corrected chi connectivity index (χ1v) is 11.0. The molecule has 1 aliphatic carbocycles. The number of thioether (sulfide) groups is 1. The molecule has 1 aromatic heterocycles. The zero-order valence-corrected chi connectivity index (χ0v) is 16.7. The average Bonchev–Trinajstić information content (AvgIpc) is 3.32. The van der Waals surface area contributed by atoms with E-state index in [1.54, 1.807) is 26.8 Å². The fourth-order valence-electron chi connectivity index (χ4n) is 2.56. The van der Waals surface area contributed by atoms with Crippen molar-refractivity contribution < 1.29 is 17.6 Å². The number of hydrogen-bond donors (Lipinski definition) is 1. The summed E-state index contributed by atoms with van der Waals surface area (Å²) in [5.74, 6) is -0.0374. The van der Waals surface area contributed by atoms with Gasteiger partial charge in [-0.2, -0.15) is 4.31 Å². The van der Waals surface area contributed by atoms with Gasteiger partial charge in [-0.3, -0.25) is 4.79 Å². The standard InChI is InChI=1S/C17H23N3O4S2/c1-4-20(5-2)26(22,23)13-8-9-15-14(10-13)19-17(24-15)25-11(3)16(21)18-12-6-7-12/h8-12H,4-7H2,1-3H3,(H,18,21)/t11-/m1/s1. The second-order valence-electron chi connectivity index (χ2n) is 6.24. The van der Waals surface area contributed by atoms with E-state index >= 15 is 0 Å². The summed E-state index contributed by atoms with van der Waals surface area (Å²) in [5.41, 5.74) is 0.969. The molecule has 1 atom stereocenters. The molecule has 0 radical (unpaired) electrons. The molecule has 1 amide bonds. The molecule has 2 aromatic rings. The minimum atomic E-state index is -3.55. The number of aromatic nitrogens is 1. The summed E-state index contributed by atoms with van der Waals surface area (Å²) in [7, 11) is -3.55. The molecule has 9 heteroatoms. The summed E-state index contributed by atoms with van der Waals surface area (Å²) < 4.78 is 32.3. The molecular formula is C17H23N3O4S2. The van der Waals surface area contributed by atoms with E-state index in [2.05, 4.69) is 10.3 Å². The summed E-state index contributed by atoms with van der Waals surface area (Å²) in [6, 6.07) is 4.96. The zero-order chi connectivity index (χ0) is 18.9. The van der Waals surface area contributed by atoms with E-state index in [0.29, 0.717) is 35.5 Å². The first-order chi connectivity index (χ1) is 12.3. The molecule has 142 valence electrons. The molecule has 1 heterocycles. The van der Waals surface area contributed by atoms with Gasteiger partial charge in [-0.05, 0) is 38.0 Å². The maximum absolute atomic E-state index is 12.6. The topological polar surface area (TPSA) is 92.5 Å². The normalized spacial score (nSPS) is 16.2. The van der Waals surface area contributed by atoms with E-state index < -0.39 is 10.0 Å². The monoisotopic (exact) mass is 397 g/mol. The van der Waals surface area contributed by atoms with Gasteiger partial charge >= 0.3 is 0 Å². The van der Waals surface area contributed by atoms with Crippen LogP contribution in [0.25, 0.3) is 11.1 Å². The molecule has 0 aliphatic heterocycles. The van der Waals surface area contributed by atoms with Crippen LogP contribution in [0.15, 0.2) is 32.7 Å². The number of amides is 1. The summed E-state index contributed by atoms with van der Waals surface area (Å²) >= 11 is 1.23. The van der Waals surface area contributed by atoms with Gasteiger partial charge in [-0.1, -0.05) is 25.6 Å². The zero-order valence-electron chi connectivity index (χ0n) is 15.1. The van der Waals surface area contributed by atoms with E-state index in [9.17, 15) is 13.2 Å². The van der Waals surface area contributed by atoms with Gasteiger partial charge in [0.15, 0.2) is 5.58 Å². The molecule has 0 unspecified atom stereocenters. The van der Waals surface area contributed by atoms with Crippen LogP contribution in [0.3, 0.4) is 0 Å². The largest absolute Gasteiger partial charge is 0.431 e.